The molecule has 166 valence electrons. The molecular formula is C19H34F2N6O2. The summed E-state index contributed by atoms with van der Waals surface area (Å²) in [6, 6.07) is -0.0879. The Hall–Kier alpha value is -2.39. The van der Waals surface area contributed by atoms with Gasteiger partial charge in [0.05, 0.1) is 0 Å². The Kier molecular flexibility index (Phi) is 10.4. The number of ether oxygens (including phenoxy) is 1. The molecule has 0 bridgehead atoms. The van der Waals surface area contributed by atoms with Gasteiger partial charge in [-0.05, 0) is 34.1 Å². The van der Waals surface area contributed by atoms with E-state index >= 15 is 0 Å². The third-order valence-corrected chi connectivity index (χ3v) is 3.82. The molecule has 0 fully saturated rings. The Morgan fingerprint density at radius 1 is 1.31 bits per heavy atom. The summed E-state index contributed by atoms with van der Waals surface area (Å²) >= 11 is 0. The Labute approximate surface area is 171 Å². The predicted molar refractivity (Wildman–Crippen MR) is 109 cm³/mol. The lowest BCUT2D eigenvalue weighted by atomic mass is 10.1. The van der Waals surface area contributed by atoms with E-state index in [9.17, 15) is 13.6 Å². The summed E-state index contributed by atoms with van der Waals surface area (Å²) in [5, 5.41) is 9.13. The van der Waals surface area contributed by atoms with Crippen LogP contribution in [0.2, 0.25) is 0 Å². The Balaban J connectivity index is 2.76. The highest BCUT2D eigenvalue weighted by atomic mass is 19.3. The van der Waals surface area contributed by atoms with E-state index in [4.69, 9.17) is 4.74 Å². The van der Waals surface area contributed by atoms with E-state index in [0.717, 1.165) is 23.8 Å². The lowest BCUT2D eigenvalue weighted by Crippen LogP contribution is -2.49. The number of aliphatic imine (C=N–C) groups is 1. The van der Waals surface area contributed by atoms with Crippen LogP contribution in [-0.4, -0.2) is 46.3 Å². The number of carbonyl (C=O) groups excluding carboxylic acids is 1. The number of imidazole rings is 1. The van der Waals surface area contributed by atoms with Gasteiger partial charge in [0.25, 0.3) is 0 Å². The summed E-state index contributed by atoms with van der Waals surface area (Å²) in [5.74, 6) is 0.651. The van der Waals surface area contributed by atoms with E-state index in [1.807, 2.05) is 6.92 Å². The van der Waals surface area contributed by atoms with Crippen LogP contribution in [0.3, 0.4) is 0 Å². The van der Waals surface area contributed by atoms with Gasteiger partial charge in [0.1, 0.15) is 18.0 Å². The number of nitrogens with one attached hydrogen (secondary N) is 3. The maximum absolute atomic E-state index is 13.0. The molecule has 0 aliphatic heterocycles. The SMILES string of the molecule is CCCCC(CNC(=O)OC(C)(C)C)NC(=NCc1nccn1C(F)F)NCC. The van der Waals surface area contributed by atoms with Crippen molar-refractivity contribution in [3.05, 3.63) is 18.2 Å². The summed E-state index contributed by atoms with van der Waals surface area (Å²) in [7, 11) is 0. The molecule has 0 radical (unpaired) electrons. The number of rotatable bonds is 10. The zero-order chi connectivity index (χ0) is 21.9. The van der Waals surface area contributed by atoms with Crippen LogP contribution in [0.4, 0.5) is 13.6 Å². The molecule has 0 spiro atoms. The number of hydrogen-bond donors (Lipinski definition) is 3. The van der Waals surface area contributed by atoms with Crippen molar-refractivity contribution in [2.24, 2.45) is 4.99 Å². The predicted octanol–water partition coefficient (Wildman–Crippen LogP) is 3.42. The van der Waals surface area contributed by atoms with Gasteiger partial charge in [-0.3, -0.25) is 4.57 Å². The van der Waals surface area contributed by atoms with Crippen molar-refractivity contribution < 1.29 is 18.3 Å². The second kappa shape index (κ2) is 12.2. The van der Waals surface area contributed by atoms with Crippen LogP contribution in [-0.2, 0) is 11.3 Å². The van der Waals surface area contributed by atoms with Crippen LogP contribution in [0.1, 0.15) is 66.3 Å². The highest BCUT2D eigenvalue weighted by Gasteiger charge is 2.18. The van der Waals surface area contributed by atoms with Crippen molar-refractivity contribution in [3.63, 3.8) is 0 Å². The van der Waals surface area contributed by atoms with Gasteiger partial charge in [0, 0.05) is 31.5 Å². The molecule has 1 amide bonds. The fourth-order valence-corrected chi connectivity index (χ4v) is 2.50. The van der Waals surface area contributed by atoms with Crippen molar-refractivity contribution >= 4 is 12.1 Å². The van der Waals surface area contributed by atoms with Gasteiger partial charge in [0.2, 0.25) is 0 Å². The number of unbranched alkanes of at least 4 members (excludes halogenated alkanes) is 1. The number of amides is 1. The molecule has 8 nitrogen and oxygen atoms in total. The van der Waals surface area contributed by atoms with Crippen molar-refractivity contribution in [1.29, 1.82) is 0 Å². The summed E-state index contributed by atoms with van der Waals surface area (Å²) in [5.41, 5.74) is -0.570. The Bertz CT molecular complexity index is 643. The molecular weight excluding hydrogens is 382 g/mol. The van der Waals surface area contributed by atoms with Crippen LogP contribution in [0.15, 0.2) is 17.4 Å². The maximum atomic E-state index is 13.0. The zero-order valence-electron chi connectivity index (χ0n) is 18.0. The lowest BCUT2D eigenvalue weighted by molar-refractivity contribution is 0.0522. The standard InChI is InChI=1S/C19H34F2N6O2/c1-6-8-9-14(12-25-18(28)29-19(3,4)5)26-17(22-7-2)24-13-15-23-10-11-27(15)16(20)21/h10-11,14,16H,6-9,12-13H2,1-5H3,(H,25,28)(H2,22,24,26). The molecule has 29 heavy (non-hydrogen) atoms. The first kappa shape index (κ1) is 24.6. The molecule has 0 aliphatic rings. The van der Waals surface area contributed by atoms with Gasteiger partial charge in [-0.15, -0.1) is 0 Å². The van der Waals surface area contributed by atoms with Gasteiger partial charge in [-0.1, -0.05) is 19.8 Å². The normalized spacial score (nSPS) is 13.3. The summed E-state index contributed by atoms with van der Waals surface area (Å²) in [6.45, 7) is 7.72. The molecule has 0 saturated heterocycles. The average Bonchev–Trinajstić information content (AvgIpc) is 3.09. The minimum Gasteiger partial charge on any atom is -0.444 e. The first-order valence-corrected chi connectivity index (χ1v) is 9.97. The fourth-order valence-electron chi connectivity index (χ4n) is 2.50. The number of carbonyl (C=O) groups is 1. The number of alkyl halides is 2. The van der Waals surface area contributed by atoms with Crippen LogP contribution in [0.25, 0.3) is 0 Å². The van der Waals surface area contributed by atoms with Gasteiger partial charge >= 0.3 is 12.6 Å². The van der Waals surface area contributed by atoms with Crippen LogP contribution < -0.4 is 16.0 Å². The number of aromatic nitrogens is 2. The molecule has 1 unspecified atom stereocenters. The zero-order valence-corrected chi connectivity index (χ0v) is 18.0. The number of halogens is 2. The molecule has 10 heteroatoms. The van der Waals surface area contributed by atoms with Crippen molar-refractivity contribution in [3.8, 4) is 0 Å². The molecule has 1 atom stereocenters. The minimum absolute atomic E-state index is 0.00661. The van der Waals surface area contributed by atoms with Gasteiger partial charge in [-0.25, -0.2) is 14.8 Å². The largest absolute Gasteiger partial charge is 0.444 e. The van der Waals surface area contributed by atoms with E-state index in [2.05, 4.69) is 32.9 Å². The highest BCUT2D eigenvalue weighted by Crippen LogP contribution is 2.13. The Morgan fingerprint density at radius 2 is 2.03 bits per heavy atom. The summed E-state index contributed by atoms with van der Waals surface area (Å²) in [4.78, 5) is 20.2. The lowest BCUT2D eigenvalue weighted by Gasteiger charge is -2.24. The van der Waals surface area contributed by atoms with E-state index in [1.54, 1.807) is 20.8 Å². The number of hydrogen-bond acceptors (Lipinski definition) is 4. The molecule has 1 rings (SSSR count). The fraction of sp³-hybridized carbons (Fsp3) is 0.737. The third-order valence-electron chi connectivity index (χ3n) is 3.82. The van der Waals surface area contributed by atoms with Crippen LogP contribution in [0.5, 0.6) is 0 Å². The molecule has 0 saturated carbocycles. The first-order chi connectivity index (χ1) is 13.7. The van der Waals surface area contributed by atoms with Gasteiger partial charge in [-0.2, -0.15) is 8.78 Å². The van der Waals surface area contributed by atoms with Crippen molar-refractivity contribution in [2.75, 3.05) is 13.1 Å². The minimum atomic E-state index is -2.66. The molecule has 1 heterocycles. The summed E-state index contributed by atoms with van der Waals surface area (Å²) in [6.07, 6.45) is 4.84. The van der Waals surface area contributed by atoms with E-state index in [-0.39, 0.29) is 18.4 Å². The second-order valence-electron chi connectivity index (χ2n) is 7.59. The van der Waals surface area contributed by atoms with Crippen LogP contribution in [0, 0.1) is 0 Å². The quantitative estimate of drug-likeness (QED) is 0.401. The highest BCUT2D eigenvalue weighted by molar-refractivity contribution is 5.80. The first-order valence-electron chi connectivity index (χ1n) is 9.97. The molecule has 1 aromatic heterocycles. The maximum Gasteiger partial charge on any atom is 0.407 e. The number of nitrogens with zero attached hydrogens (tertiary/aromatic N) is 3. The molecule has 1 aromatic rings. The third kappa shape index (κ3) is 10.1. The number of guanidine groups is 1. The number of alkyl carbamates (subject to hydrolysis) is 1. The molecule has 0 aromatic carbocycles. The van der Waals surface area contributed by atoms with E-state index in [0.29, 0.717) is 19.0 Å². The van der Waals surface area contributed by atoms with Crippen molar-refractivity contribution in [1.82, 2.24) is 25.5 Å². The Morgan fingerprint density at radius 3 is 2.62 bits per heavy atom. The topological polar surface area (TPSA) is 92.6 Å². The monoisotopic (exact) mass is 416 g/mol. The van der Waals surface area contributed by atoms with Crippen molar-refractivity contribution in [2.45, 2.75) is 78.6 Å². The van der Waals surface area contributed by atoms with E-state index in [1.165, 1.54) is 12.4 Å². The second-order valence-corrected chi connectivity index (χ2v) is 7.59. The smallest absolute Gasteiger partial charge is 0.407 e. The summed E-state index contributed by atoms with van der Waals surface area (Å²) < 4.78 is 32.0. The van der Waals surface area contributed by atoms with E-state index < -0.39 is 18.2 Å². The molecule has 0 aliphatic carbocycles. The van der Waals surface area contributed by atoms with Crippen LogP contribution >= 0.6 is 0 Å². The van der Waals surface area contributed by atoms with Gasteiger partial charge in [0.15, 0.2) is 5.96 Å². The average molecular weight is 417 g/mol. The molecule has 3 N–H and O–H groups in total. The van der Waals surface area contributed by atoms with Gasteiger partial charge < -0.3 is 20.7 Å².